The lowest BCUT2D eigenvalue weighted by Gasteiger charge is -2.21. The van der Waals surface area contributed by atoms with Crippen molar-refractivity contribution in [1.29, 1.82) is 0 Å². The topological polar surface area (TPSA) is 55.9 Å². The summed E-state index contributed by atoms with van der Waals surface area (Å²) in [6, 6.07) is 0.486. The third-order valence-electron chi connectivity index (χ3n) is 3.97. The highest BCUT2D eigenvalue weighted by molar-refractivity contribution is 5.65. The molecule has 0 bridgehead atoms. The fraction of sp³-hybridized carbons (Fsp3) is 0.769. The van der Waals surface area contributed by atoms with Gasteiger partial charge in [0.1, 0.15) is 5.82 Å². The summed E-state index contributed by atoms with van der Waals surface area (Å²) >= 11 is 0. The molecule has 1 aromatic rings. The van der Waals surface area contributed by atoms with Gasteiger partial charge < -0.3 is 11.1 Å². The maximum Gasteiger partial charge on any atom is 0.147 e. The van der Waals surface area contributed by atoms with Crippen LogP contribution in [0.15, 0.2) is 0 Å². The van der Waals surface area contributed by atoms with E-state index in [1.807, 2.05) is 11.7 Å². The van der Waals surface area contributed by atoms with Crippen molar-refractivity contribution >= 4 is 11.5 Å². The molecular weight excluding hydrogens is 212 g/mol. The summed E-state index contributed by atoms with van der Waals surface area (Å²) in [4.78, 5) is 0. The van der Waals surface area contributed by atoms with Crippen LogP contribution in [0, 0.1) is 5.92 Å². The molecule has 1 aliphatic rings. The molecule has 1 aromatic heterocycles. The Morgan fingerprint density at radius 2 is 2.12 bits per heavy atom. The number of rotatable bonds is 4. The standard InChI is InChI=1S/C13H24N4/c1-4-11-12(14)13(17(3)16-11)15-9(2)10-7-5-6-8-10/h9-10,15H,4-8,14H2,1-3H3. The second-order valence-electron chi connectivity index (χ2n) is 5.16. The van der Waals surface area contributed by atoms with Gasteiger partial charge in [0, 0.05) is 13.1 Å². The van der Waals surface area contributed by atoms with E-state index in [0.717, 1.165) is 29.5 Å². The molecule has 0 aliphatic heterocycles. The average Bonchev–Trinajstić information content (AvgIpc) is 2.92. The first-order valence-electron chi connectivity index (χ1n) is 6.71. The Balaban J connectivity index is 2.09. The number of nitrogen functional groups attached to an aromatic ring is 1. The van der Waals surface area contributed by atoms with Gasteiger partial charge in [0.15, 0.2) is 0 Å². The molecule has 0 amide bonds. The largest absolute Gasteiger partial charge is 0.394 e. The van der Waals surface area contributed by atoms with Crippen molar-refractivity contribution in [2.45, 2.75) is 52.0 Å². The Kier molecular flexibility index (Phi) is 3.60. The highest BCUT2D eigenvalue weighted by Crippen LogP contribution is 2.31. The molecular formula is C13H24N4. The minimum Gasteiger partial charge on any atom is -0.394 e. The summed E-state index contributed by atoms with van der Waals surface area (Å²) in [6.45, 7) is 4.34. The van der Waals surface area contributed by atoms with Gasteiger partial charge in [-0.15, -0.1) is 0 Å². The minimum atomic E-state index is 0.486. The Hall–Kier alpha value is -1.19. The van der Waals surface area contributed by atoms with Crippen LogP contribution in [-0.2, 0) is 13.5 Å². The van der Waals surface area contributed by atoms with Crippen molar-refractivity contribution in [3.63, 3.8) is 0 Å². The average molecular weight is 236 g/mol. The van der Waals surface area contributed by atoms with E-state index in [2.05, 4.69) is 24.3 Å². The van der Waals surface area contributed by atoms with E-state index in [1.54, 1.807) is 0 Å². The Morgan fingerprint density at radius 1 is 1.47 bits per heavy atom. The number of aromatic nitrogens is 2. The van der Waals surface area contributed by atoms with Gasteiger partial charge in [0.25, 0.3) is 0 Å². The normalized spacial score (nSPS) is 18.5. The van der Waals surface area contributed by atoms with Gasteiger partial charge in [0.2, 0.25) is 0 Å². The van der Waals surface area contributed by atoms with Gasteiger partial charge in [-0.3, -0.25) is 4.68 Å². The van der Waals surface area contributed by atoms with Crippen LogP contribution in [0.4, 0.5) is 11.5 Å². The third-order valence-corrected chi connectivity index (χ3v) is 3.97. The number of nitrogens with two attached hydrogens (primary N) is 1. The van der Waals surface area contributed by atoms with E-state index in [1.165, 1.54) is 25.7 Å². The highest BCUT2D eigenvalue weighted by Gasteiger charge is 2.23. The van der Waals surface area contributed by atoms with Crippen molar-refractivity contribution in [3.8, 4) is 0 Å². The van der Waals surface area contributed by atoms with Crippen LogP contribution in [0.5, 0.6) is 0 Å². The zero-order valence-electron chi connectivity index (χ0n) is 11.2. The zero-order valence-corrected chi connectivity index (χ0v) is 11.2. The van der Waals surface area contributed by atoms with Gasteiger partial charge in [-0.2, -0.15) is 5.10 Å². The van der Waals surface area contributed by atoms with Crippen molar-refractivity contribution in [2.24, 2.45) is 13.0 Å². The number of hydrogen-bond acceptors (Lipinski definition) is 3. The van der Waals surface area contributed by atoms with Gasteiger partial charge in [0.05, 0.1) is 11.4 Å². The zero-order chi connectivity index (χ0) is 12.4. The molecule has 17 heavy (non-hydrogen) atoms. The van der Waals surface area contributed by atoms with Gasteiger partial charge in [-0.1, -0.05) is 19.8 Å². The Bertz CT molecular complexity index is 377. The molecule has 0 saturated heterocycles. The minimum absolute atomic E-state index is 0.486. The monoisotopic (exact) mass is 236 g/mol. The fourth-order valence-corrected chi connectivity index (χ4v) is 2.82. The summed E-state index contributed by atoms with van der Waals surface area (Å²) in [5, 5.41) is 7.99. The predicted molar refractivity (Wildman–Crippen MR) is 72.0 cm³/mol. The third kappa shape index (κ3) is 2.40. The molecule has 2 rings (SSSR count). The molecule has 1 unspecified atom stereocenters. The first-order chi connectivity index (χ1) is 8.13. The Morgan fingerprint density at radius 3 is 2.65 bits per heavy atom. The van der Waals surface area contributed by atoms with Gasteiger partial charge in [-0.05, 0) is 32.1 Å². The second kappa shape index (κ2) is 4.98. The molecule has 3 N–H and O–H groups in total. The first kappa shape index (κ1) is 12.3. The number of nitrogens with one attached hydrogen (secondary N) is 1. The van der Waals surface area contributed by atoms with E-state index in [4.69, 9.17) is 5.73 Å². The smallest absolute Gasteiger partial charge is 0.147 e. The molecule has 1 fully saturated rings. The van der Waals surface area contributed by atoms with E-state index < -0.39 is 0 Å². The van der Waals surface area contributed by atoms with Crippen molar-refractivity contribution in [3.05, 3.63) is 5.69 Å². The lowest BCUT2D eigenvalue weighted by molar-refractivity contribution is 0.479. The quantitative estimate of drug-likeness (QED) is 0.844. The summed E-state index contributed by atoms with van der Waals surface area (Å²) in [5.41, 5.74) is 7.93. The van der Waals surface area contributed by atoms with Crippen molar-refractivity contribution < 1.29 is 0 Å². The number of aryl methyl sites for hydroxylation is 2. The van der Waals surface area contributed by atoms with Crippen LogP contribution in [0.1, 0.15) is 45.2 Å². The lowest BCUT2D eigenvalue weighted by Crippen LogP contribution is -2.25. The number of nitrogens with zero attached hydrogens (tertiary/aromatic N) is 2. The van der Waals surface area contributed by atoms with Crippen LogP contribution in [0.2, 0.25) is 0 Å². The van der Waals surface area contributed by atoms with E-state index in [-0.39, 0.29) is 0 Å². The fourth-order valence-electron chi connectivity index (χ4n) is 2.82. The summed E-state index contributed by atoms with van der Waals surface area (Å²) < 4.78 is 1.87. The second-order valence-corrected chi connectivity index (χ2v) is 5.16. The molecule has 4 heteroatoms. The van der Waals surface area contributed by atoms with Crippen molar-refractivity contribution in [1.82, 2.24) is 9.78 Å². The van der Waals surface area contributed by atoms with Crippen LogP contribution in [-0.4, -0.2) is 15.8 Å². The maximum atomic E-state index is 6.12. The summed E-state index contributed by atoms with van der Waals surface area (Å²) in [5.74, 6) is 1.77. The van der Waals surface area contributed by atoms with E-state index >= 15 is 0 Å². The van der Waals surface area contributed by atoms with Crippen LogP contribution < -0.4 is 11.1 Å². The molecule has 1 saturated carbocycles. The molecule has 0 aromatic carbocycles. The molecule has 4 nitrogen and oxygen atoms in total. The predicted octanol–water partition coefficient (Wildman–Crippen LogP) is 2.56. The van der Waals surface area contributed by atoms with E-state index in [0.29, 0.717) is 6.04 Å². The van der Waals surface area contributed by atoms with Crippen molar-refractivity contribution in [2.75, 3.05) is 11.1 Å². The molecule has 0 spiro atoms. The molecule has 1 aliphatic carbocycles. The molecule has 0 radical (unpaired) electrons. The lowest BCUT2D eigenvalue weighted by atomic mass is 10.00. The number of anilines is 2. The highest BCUT2D eigenvalue weighted by atomic mass is 15.3. The van der Waals surface area contributed by atoms with Gasteiger partial charge in [-0.25, -0.2) is 0 Å². The molecule has 1 heterocycles. The SMILES string of the molecule is CCc1nn(C)c(NC(C)C2CCCC2)c1N. The maximum absolute atomic E-state index is 6.12. The van der Waals surface area contributed by atoms with Crippen LogP contribution in [0.25, 0.3) is 0 Å². The summed E-state index contributed by atoms with van der Waals surface area (Å²) in [6.07, 6.45) is 6.31. The summed E-state index contributed by atoms with van der Waals surface area (Å²) in [7, 11) is 1.96. The van der Waals surface area contributed by atoms with Crippen LogP contribution in [0.3, 0.4) is 0 Å². The van der Waals surface area contributed by atoms with Gasteiger partial charge >= 0.3 is 0 Å². The number of hydrogen-bond donors (Lipinski definition) is 2. The van der Waals surface area contributed by atoms with E-state index in [9.17, 15) is 0 Å². The molecule has 1 atom stereocenters. The first-order valence-corrected chi connectivity index (χ1v) is 6.71. The molecule has 96 valence electrons. The Labute approximate surface area is 104 Å². The van der Waals surface area contributed by atoms with Crippen LogP contribution >= 0.6 is 0 Å².